The van der Waals surface area contributed by atoms with Gasteiger partial charge >= 0.3 is 6.18 Å². The van der Waals surface area contributed by atoms with Crippen molar-refractivity contribution in [1.82, 2.24) is 4.31 Å². The molecular weight excluding hydrogens is 457 g/mol. The molecule has 1 heterocycles. The number of carbonyl (C=O) groups is 1. The van der Waals surface area contributed by atoms with Crippen molar-refractivity contribution in [3.05, 3.63) is 52.5 Å². The topological polar surface area (TPSA) is 75.7 Å². The van der Waals surface area contributed by atoms with Gasteiger partial charge in [-0.3, -0.25) is 4.79 Å². The van der Waals surface area contributed by atoms with E-state index in [0.717, 1.165) is 25.0 Å². The SMILES string of the molecule is Cc1cc(S(=O)(=O)N2CCCC2)ccc1OCC(=O)Nc1ccc(Cl)c(C(F)(F)F)c1. The zero-order valence-corrected chi connectivity index (χ0v) is 18.1. The fraction of sp³-hybridized carbons (Fsp3) is 0.350. The molecule has 0 bridgehead atoms. The lowest BCUT2D eigenvalue weighted by Gasteiger charge is -2.17. The number of aryl methyl sites for hydroxylation is 1. The maximum Gasteiger partial charge on any atom is 0.417 e. The molecule has 1 aliphatic rings. The second kappa shape index (κ2) is 9.05. The molecule has 1 amide bonds. The van der Waals surface area contributed by atoms with Crippen LogP contribution in [0, 0.1) is 6.92 Å². The van der Waals surface area contributed by atoms with Crippen molar-refractivity contribution in [2.24, 2.45) is 0 Å². The molecule has 0 aromatic heterocycles. The molecule has 2 aromatic rings. The number of rotatable bonds is 6. The number of sulfonamides is 1. The molecule has 0 spiro atoms. The first-order chi connectivity index (χ1) is 14.5. The number of benzene rings is 2. The first-order valence-corrected chi connectivity index (χ1v) is 11.2. The minimum atomic E-state index is -4.65. The van der Waals surface area contributed by atoms with Crippen molar-refractivity contribution < 1.29 is 31.1 Å². The largest absolute Gasteiger partial charge is 0.483 e. The summed E-state index contributed by atoms with van der Waals surface area (Å²) in [5, 5.41) is 1.85. The van der Waals surface area contributed by atoms with Gasteiger partial charge in [-0.25, -0.2) is 8.42 Å². The highest BCUT2D eigenvalue weighted by atomic mass is 35.5. The maximum absolute atomic E-state index is 12.9. The molecule has 0 aliphatic carbocycles. The molecule has 1 N–H and O–H groups in total. The Morgan fingerprint density at radius 1 is 1.16 bits per heavy atom. The number of carbonyl (C=O) groups excluding carboxylic acids is 1. The van der Waals surface area contributed by atoms with E-state index < -0.39 is 39.3 Å². The maximum atomic E-state index is 12.9. The van der Waals surface area contributed by atoms with E-state index in [2.05, 4.69) is 5.32 Å². The van der Waals surface area contributed by atoms with Crippen LogP contribution in [0.25, 0.3) is 0 Å². The second-order valence-corrected chi connectivity index (χ2v) is 9.41. The van der Waals surface area contributed by atoms with Crippen LogP contribution in [0.3, 0.4) is 0 Å². The van der Waals surface area contributed by atoms with Gasteiger partial charge in [0.15, 0.2) is 6.61 Å². The van der Waals surface area contributed by atoms with Crippen LogP contribution in [0.15, 0.2) is 41.3 Å². The number of alkyl halides is 3. The Bertz CT molecular complexity index is 1080. The van der Waals surface area contributed by atoms with Gasteiger partial charge in [-0.05, 0) is 61.7 Å². The van der Waals surface area contributed by atoms with Crippen LogP contribution in [-0.4, -0.2) is 38.3 Å². The van der Waals surface area contributed by atoms with Gasteiger partial charge in [0.2, 0.25) is 10.0 Å². The first-order valence-electron chi connectivity index (χ1n) is 9.38. The lowest BCUT2D eigenvalue weighted by Crippen LogP contribution is -2.27. The molecule has 3 rings (SSSR count). The standard InChI is InChI=1S/C20H20ClF3N2O4S/c1-13-10-15(31(28,29)26-8-2-3-9-26)5-7-18(13)30-12-19(27)25-14-4-6-17(21)16(11-14)20(22,23)24/h4-7,10-11H,2-3,8-9,12H2,1H3,(H,25,27). The summed E-state index contributed by atoms with van der Waals surface area (Å²) in [5.74, 6) is -0.383. The third-order valence-corrected chi connectivity index (χ3v) is 6.99. The van der Waals surface area contributed by atoms with Gasteiger partial charge in [0.25, 0.3) is 5.91 Å². The second-order valence-electron chi connectivity index (χ2n) is 7.07. The predicted molar refractivity (Wildman–Crippen MR) is 110 cm³/mol. The van der Waals surface area contributed by atoms with Gasteiger partial charge in [0.1, 0.15) is 5.75 Å². The van der Waals surface area contributed by atoms with Crippen LogP contribution in [0.1, 0.15) is 24.0 Å². The van der Waals surface area contributed by atoms with E-state index in [1.807, 2.05) is 0 Å². The molecule has 1 saturated heterocycles. The summed E-state index contributed by atoms with van der Waals surface area (Å²) in [7, 11) is -3.57. The van der Waals surface area contributed by atoms with Crippen molar-refractivity contribution >= 4 is 33.2 Å². The van der Waals surface area contributed by atoms with Crippen LogP contribution >= 0.6 is 11.6 Å². The van der Waals surface area contributed by atoms with Crippen LogP contribution in [0.4, 0.5) is 18.9 Å². The average Bonchev–Trinajstić information content (AvgIpc) is 3.23. The quantitative estimate of drug-likeness (QED) is 0.667. The molecule has 0 atom stereocenters. The molecule has 168 valence electrons. The number of hydrogen-bond acceptors (Lipinski definition) is 4. The lowest BCUT2D eigenvalue weighted by molar-refractivity contribution is -0.137. The molecule has 6 nitrogen and oxygen atoms in total. The Labute approximate surface area is 183 Å². The van der Waals surface area contributed by atoms with Gasteiger partial charge in [0.05, 0.1) is 15.5 Å². The van der Waals surface area contributed by atoms with Crippen molar-refractivity contribution in [2.75, 3.05) is 25.0 Å². The molecule has 1 aliphatic heterocycles. The van der Waals surface area contributed by atoms with E-state index in [4.69, 9.17) is 16.3 Å². The third-order valence-electron chi connectivity index (χ3n) is 4.76. The van der Waals surface area contributed by atoms with Gasteiger partial charge in [-0.15, -0.1) is 0 Å². The average molecular weight is 477 g/mol. The van der Waals surface area contributed by atoms with Crippen molar-refractivity contribution in [3.63, 3.8) is 0 Å². The molecule has 11 heteroatoms. The number of anilines is 1. The molecule has 0 saturated carbocycles. The minimum Gasteiger partial charge on any atom is -0.483 e. The van der Waals surface area contributed by atoms with Crippen molar-refractivity contribution in [1.29, 1.82) is 0 Å². The van der Waals surface area contributed by atoms with Gasteiger partial charge in [-0.2, -0.15) is 17.5 Å². The molecule has 1 fully saturated rings. The van der Waals surface area contributed by atoms with E-state index in [9.17, 15) is 26.4 Å². The molecule has 31 heavy (non-hydrogen) atoms. The summed E-state index contributed by atoms with van der Waals surface area (Å²) in [5.41, 5.74) is -0.619. The van der Waals surface area contributed by atoms with E-state index in [1.54, 1.807) is 6.92 Å². The third kappa shape index (κ3) is 5.50. The number of amides is 1. The first kappa shape index (κ1) is 23.4. The van der Waals surface area contributed by atoms with Gasteiger partial charge < -0.3 is 10.1 Å². The summed E-state index contributed by atoms with van der Waals surface area (Å²) >= 11 is 5.56. The Morgan fingerprint density at radius 2 is 1.84 bits per heavy atom. The number of ether oxygens (including phenoxy) is 1. The number of hydrogen-bond donors (Lipinski definition) is 1. The summed E-state index contributed by atoms with van der Waals surface area (Å²) in [4.78, 5) is 12.2. The highest BCUT2D eigenvalue weighted by Crippen LogP contribution is 2.36. The van der Waals surface area contributed by atoms with Gasteiger partial charge in [0, 0.05) is 18.8 Å². The van der Waals surface area contributed by atoms with E-state index >= 15 is 0 Å². The summed E-state index contributed by atoms with van der Waals surface area (Å²) in [6.45, 7) is 2.15. The number of nitrogens with one attached hydrogen (secondary N) is 1. The van der Waals surface area contributed by atoms with Crippen molar-refractivity contribution in [2.45, 2.75) is 30.8 Å². The molecule has 0 radical (unpaired) electrons. The Hall–Kier alpha value is -2.30. The van der Waals surface area contributed by atoms with Crippen LogP contribution in [0.5, 0.6) is 5.75 Å². The monoisotopic (exact) mass is 476 g/mol. The van der Waals surface area contributed by atoms with Crippen LogP contribution in [0.2, 0.25) is 5.02 Å². The zero-order chi connectivity index (χ0) is 22.8. The smallest absolute Gasteiger partial charge is 0.417 e. The lowest BCUT2D eigenvalue weighted by atomic mass is 10.2. The van der Waals surface area contributed by atoms with E-state index in [0.29, 0.717) is 24.4 Å². The highest BCUT2D eigenvalue weighted by Gasteiger charge is 2.33. The van der Waals surface area contributed by atoms with E-state index in [-0.39, 0.29) is 10.6 Å². The van der Waals surface area contributed by atoms with E-state index in [1.165, 1.54) is 28.6 Å². The zero-order valence-electron chi connectivity index (χ0n) is 16.5. The van der Waals surface area contributed by atoms with Crippen LogP contribution in [-0.2, 0) is 21.0 Å². The fourth-order valence-electron chi connectivity index (χ4n) is 3.18. The Balaban J connectivity index is 1.64. The molecule has 2 aromatic carbocycles. The fourth-order valence-corrected chi connectivity index (χ4v) is 5.01. The summed E-state index contributed by atoms with van der Waals surface area (Å²) in [6.07, 6.45) is -3.00. The molecular formula is C20H20ClF3N2O4S. The minimum absolute atomic E-state index is 0.0749. The van der Waals surface area contributed by atoms with Crippen LogP contribution < -0.4 is 10.1 Å². The predicted octanol–water partition coefficient (Wildman–Crippen LogP) is 4.47. The number of halogens is 4. The summed E-state index contributed by atoms with van der Waals surface area (Å²) in [6, 6.07) is 7.36. The number of nitrogens with zero attached hydrogens (tertiary/aromatic N) is 1. The van der Waals surface area contributed by atoms with Crippen molar-refractivity contribution in [3.8, 4) is 5.75 Å². The normalized spacial score (nSPS) is 15.1. The highest BCUT2D eigenvalue weighted by molar-refractivity contribution is 7.89. The Morgan fingerprint density at radius 3 is 2.45 bits per heavy atom. The molecule has 0 unspecified atom stereocenters. The van der Waals surface area contributed by atoms with Gasteiger partial charge in [-0.1, -0.05) is 11.6 Å². The Kier molecular flexibility index (Phi) is 6.82. The summed E-state index contributed by atoms with van der Waals surface area (Å²) < 4.78 is 70.9.